The van der Waals surface area contributed by atoms with Gasteiger partial charge in [-0.2, -0.15) is 9.78 Å². The third-order valence-corrected chi connectivity index (χ3v) is 3.50. The van der Waals surface area contributed by atoms with Crippen molar-refractivity contribution in [2.75, 3.05) is 26.2 Å². The summed E-state index contributed by atoms with van der Waals surface area (Å²) in [6.07, 6.45) is 0. The SMILES string of the molecule is O=C(c1ccc(=O)n(-c2ccccc2F)n1)N1CCNCC1. The number of halogens is 1. The summed E-state index contributed by atoms with van der Waals surface area (Å²) < 4.78 is 14.8. The highest BCUT2D eigenvalue weighted by Crippen LogP contribution is 2.10. The maximum Gasteiger partial charge on any atom is 0.274 e. The van der Waals surface area contributed by atoms with E-state index in [4.69, 9.17) is 0 Å². The predicted molar refractivity (Wildman–Crippen MR) is 78.6 cm³/mol. The number of rotatable bonds is 2. The van der Waals surface area contributed by atoms with E-state index < -0.39 is 11.4 Å². The first kappa shape index (κ1) is 14.4. The monoisotopic (exact) mass is 302 g/mol. The number of benzene rings is 1. The van der Waals surface area contributed by atoms with Crippen molar-refractivity contribution in [3.8, 4) is 5.69 Å². The van der Waals surface area contributed by atoms with E-state index in [0.29, 0.717) is 13.1 Å². The van der Waals surface area contributed by atoms with Crippen LogP contribution in [0.4, 0.5) is 4.39 Å². The van der Waals surface area contributed by atoms with Crippen LogP contribution >= 0.6 is 0 Å². The topological polar surface area (TPSA) is 67.2 Å². The normalized spacial score (nSPS) is 14.9. The summed E-state index contributed by atoms with van der Waals surface area (Å²) in [6.45, 7) is 2.61. The fraction of sp³-hybridized carbons (Fsp3) is 0.267. The Balaban J connectivity index is 1.98. The molecule has 1 aromatic heterocycles. The van der Waals surface area contributed by atoms with E-state index in [0.717, 1.165) is 17.8 Å². The van der Waals surface area contributed by atoms with Gasteiger partial charge in [0, 0.05) is 32.2 Å². The summed E-state index contributed by atoms with van der Waals surface area (Å²) in [6, 6.07) is 8.44. The van der Waals surface area contributed by atoms with Gasteiger partial charge in [-0.3, -0.25) is 9.59 Å². The van der Waals surface area contributed by atoms with Gasteiger partial charge in [0.05, 0.1) is 0 Å². The fourth-order valence-electron chi connectivity index (χ4n) is 2.35. The Morgan fingerprint density at radius 2 is 1.86 bits per heavy atom. The molecule has 1 aliphatic heterocycles. The van der Waals surface area contributed by atoms with Crippen molar-refractivity contribution in [3.63, 3.8) is 0 Å². The minimum absolute atomic E-state index is 0.0301. The van der Waals surface area contributed by atoms with Crippen LogP contribution in [0.1, 0.15) is 10.5 Å². The van der Waals surface area contributed by atoms with Crippen LogP contribution < -0.4 is 10.9 Å². The lowest BCUT2D eigenvalue weighted by atomic mass is 10.3. The number of hydrogen-bond acceptors (Lipinski definition) is 4. The minimum atomic E-state index is -0.566. The van der Waals surface area contributed by atoms with Crippen molar-refractivity contribution in [3.05, 3.63) is 58.3 Å². The molecular formula is C15H15FN4O2. The predicted octanol–water partition coefficient (Wildman–Crippen LogP) is 0.417. The number of amides is 1. The molecule has 0 bridgehead atoms. The molecule has 114 valence electrons. The van der Waals surface area contributed by atoms with E-state index in [1.54, 1.807) is 11.0 Å². The summed E-state index contributed by atoms with van der Waals surface area (Å²) in [7, 11) is 0. The highest BCUT2D eigenvalue weighted by molar-refractivity contribution is 5.92. The Kier molecular flexibility index (Phi) is 3.97. The van der Waals surface area contributed by atoms with Gasteiger partial charge in [0.15, 0.2) is 0 Å². The van der Waals surface area contributed by atoms with Crippen molar-refractivity contribution >= 4 is 5.91 Å². The Bertz CT molecular complexity index is 753. The maximum atomic E-state index is 13.8. The molecule has 1 N–H and O–H groups in total. The van der Waals surface area contributed by atoms with Gasteiger partial charge < -0.3 is 10.2 Å². The summed E-state index contributed by atoms with van der Waals surface area (Å²) in [5.41, 5.74) is -0.325. The summed E-state index contributed by atoms with van der Waals surface area (Å²) in [5.74, 6) is -0.824. The molecule has 1 saturated heterocycles. The molecule has 0 spiro atoms. The van der Waals surface area contributed by atoms with Crippen LogP contribution in [0.3, 0.4) is 0 Å². The molecule has 22 heavy (non-hydrogen) atoms. The molecule has 3 rings (SSSR count). The number of carbonyl (C=O) groups excluding carboxylic acids is 1. The van der Waals surface area contributed by atoms with E-state index in [-0.39, 0.29) is 17.3 Å². The molecule has 0 saturated carbocycles. The van der Waals surface area contributed by atoms with Gasteiger partial charge >= 0.3 is 0 Å². The third-order valence-electron chi connectivity index (χ3n) is 3.50. The average Bonchev–Trinajstić information content (AvgIpc) is 2.56. The zero-order chi connectivity index (χ0) is 15.5. The van der Waals surface area contributed by atoms with Gasteiger partial charge in [0.25, 0.3) is 11.5 Å². The zero-order valence-corrected chi connectivity index (χ0v) is 11.8. The number of hydrogen-bond donors (Lipinski definition) is 1. The Labute approximate surface area is 126 Å². The number of para-hydroxylation sites is 1. The van der Waals surface area contributed by atoms with E-state index in [1.165, 1.54) is 30.3 Å². The van der Waals surface area contributed by atoms with Crippen molar-refractivity contribution in [1.82, 2.24) is 20.0 Å². The van der Waals surface area contributed by atoms with Gasteiger partial charge in [0.2, 0.25) is 0 Å². The van der Waals surface area contributed by atoms with Crippen LogP contribution in [0.25, 0.3) is 5.69 Å². The molecule has 6 nitrogen and oxygen atoms in total. The second-order valence-electron chi connectivity index (χ2n) is 4.96. The van der Waals surface area contributed by atoms with Crippen molar-refractivity contribution in [2.24, 2.45) is 0 Å². The first-order chi connectivity index (χ1) is 10.7. The van der Waals surface area contributed by atoms with Crippen molar-refractivity contribution < 1.29 is 9.18 Å². The van der Waals surface area contributed by atoms with Crippen LogP contribution in [-0.2, 0) is 0 Å². The molecule has 1 aliphatic rings. The number of piperazine rings is 1. The quantitative estimate of drug-likeness (QED) is 0.873. The number of aromatic nitrogens is 2. The fourth-order valence-corrected chi connectivity index (χ4v) is 2.35. The molecule has 0 radical (unpaired) electrons. The van der Waals surface area contributed by atoms with E-state index in [1.807, 2.05) is 0 Å². The Morgan fingerprint density at radius 1 is 1.14 bits per heavy atom. The number of carbonyl (C=O) groups is 1. The lowest BCUT2D eigenvalue weighted by Gasteiger charge is -2.27. The highest BCUT2D eigenvalue weighted by atomic mass is 19.1. The number of nitrogens with zero attached hydrogens (tertiary/aromatic N) is 3. The Morgan fingerprint density at radius 3 is 2.59 bits per heavy atom. The van der Waals surface area contributed by atoms with E-state index in [2.05, 4.69) is 10.4 Å². The van der Waals surface area contributed by atoms with Gasteiger partial charge in [-0.15, -0.1) is 0 Å². The minimum Gasteiger partial charge on any atom is -0.335 e. The zero-order valence-electron chi connectivity index (χ0n) is 11.8. The van der Waals surface area contributed by atoms with Gasteiger partial charge in [0.1, 0.15) is 17.2 Å². The van der Waals surface area contributed by atoms with Gasteiger partial charge in [-0.1, -0.05) is 12.1 Å². The van der Waals surface area contributed by atoms with Crippen LogP contribution in [0, 0.1) is 5.82 Å². The Hall–Kier alpha value is -2.54. The van der Waals surface area contributed by atoms with E-state index in [9.17, 15) is 14.0 Å². The highest BCUT2D eigenvalue weighted by Gasteiger charge is 2.20. The lowest BCUT2D eigenvalue weighted by molar-refractivity contribution is 0.0727. The lowest BCUT2D eigenvalue weighted by Crippen LogP contribution is -2.47. The molecule has 1 amide bonds. The molecule has 7 heteroatoms. The maximum absolute atomic E-state index is 13.8. The molecule has 2 aromatic rings. The van der Waals surface area contributed by atoms with Crippen LogP contribution in [0.2, 0.25) is 0 Å². The van der Waals surface area contributed by atoms with Gasteiger partial charge in [-0.05, 0) is 18.2 Å². The average molecular weight is 302 g/mol. The summed E-state index contributed by atoms with van der Waals surface area (Å²) in [5, 5.41) is 7.19. The first-order valence-electron chi connectivity index (χ1n) is 7.02. The van der Waals surface area contributed by atoms with Crippen LogP contribution in [0.5, 0.6) is 0 Å². The largest absolute Gasteiger partial charge is 0.335 e. The van der Waals surface area contributed by atoms with E-state index >= 15 is 0 Å². The van der Waals surface area contributed by atoms with Crippen LogP contribution in [-0.4, -0.2) is 46.8 Å². The smallest absolute Gasteiger partial charge is 0.274 e. The molecule has 1 fully saturated rings. The summed E-state index contributed by atoms with van der Waals surface area (Å²) in [4.78, 5) is 26.0. The molecule has 1 aromatic carbocycles. The van der Waals surface area contributed by atoms with Crippen molar-refractivity contribution in [2.45, 2.75) is 0 Å². The second kappa shape index (κ2) is 6.07. The summed E-state index contributed by atoms with van der Waals surface area (Å²) >= 11 is 0. The molecular weight excluding hydrogens is 287 g/mol. The molecule has 0 atom stereocenters. The van der Waals surface area contributed by atoms with Crippen LogP contribution in [0.15, 0.2) is 41.2 Å². The molecule has 0 aliphatic carbocycles. The third kappa shape index (κ3) is 2.75. The van der Waals surface area contributed by atoms with Crippen molar-refractivity contribution in [1.29, 1.82) is 0 Å². The van der Waals surface area contributed by atoms with Gasteiger partial charge in [-0.25, -0.2) is 4.39 Å². The molecule has 0 unspecified atom stereocenters. The molecule has 2 heterocycles. The first-order valence-corrected chi connectivity index (χ1v) is 7.02. The second-order valence-corrected chi connectivity index (χ2v) is 4.96. The standard InChI is InChI=1S/C15H15FN4O2/c16-11-3-1-2-4-13(11)20-14(21)6-5-12(18-20)15(22)19-9-7-17-8-10-19/h1-6,17H,7-10H2. The number of nitrogens with one attached hydrogen (secondary N) is 1.